The number of carbonyl (C=O) groups is 1. The molecule has 0 bridgehead atoms. The molecule has 0 unspecified atom stereocenters. The first-order valence-corrected chi connectivity index (χ1v) is 10.2. The summed E-state index contributed by atoms with van der Waals surface area (Å²) in [6.07, 6.45) is 1.96. The van der Waals surface area contributed by atoms with Gasteiger partial charge in [0.1, 0.15) is 0 Å². The topological polar surface area (TPSA) is 88.6 Å². The minimum Gasteiger partial charge on any atom is -0.379 e. The molecule has 2 aromatic rings. The molecule has 1 aliphatic heterocycles. The Bertz CT molecular complexity index is 874. The molecule has 1 N–H and O–H groups in total. The van der Waals surface area contributed by atoms with Gasteiger partial charge in [-0.1, -0.05) is 18.2 Å². The Morgan fingerprint density at radius 3 is 2.41 bits per heavy atom. The third kappa shape index (κ3) is 5.12. The van der Waals surface area contributed by atoms with E-state index in [-0.39, 0.29) is 17.2 Å². The largest absolute Gasteiger partial charge is 0.379 e. The van der Waals surface area contributed by atoms with Crippen LogP contribution in [-0.4, -0.2) is 49.9 Å². The first-order valence-electron chi connectivity index (χ1n) is 8.80. The maximum Gasteiger partial charge on any atom is 0.243 e. The molecule has 1 aromatic heterocycles. The average molecular weight is 389 g/mol. The molecule has 1 aromatic carbocycles. The van der Waals surface area contributed by atoms with Gasteiger partial charge in [0, 0.05) is 31.5 Å². The summed E-state index contributed by atoms with van der Waals surface area (Å²) >= 11 is 0. The first kappa shape index (κ1) is 19.5. The van der Waals surface area contributed by atoms with Gasteiger partial charge >= 0.3 is 0 Å². The molecule has 144 valence electrons. The van der Waals surface area contributed by atoms with Gasteiger partial charge in [-0.05, 0) is 36.2 Å². The lowest BCUT2D eigenvalue weighted by atomic mass is 10.2. The highest BCUT2D eigenvalue weighted by Gasteiger charge is 2.26. The van der Waals surface area contributed by atoms with Crippen LogP contribution >= 0.6 is 0 Å². The van der Waals surface area contributed by atoms with Gasteiger partial charge in [-0.2, -0.15) is 4.31 Å². The number of rotatable bonds is 6. The van der Waals surface area contributed by atoms with Gasteiger partial charge in [-0.15, -0.1) is 0 Å². The predicted molar refractivity (Wildman–Crippen MR) is 101 cm³/mol. The smallest absolute Gasteiger partial charge is 0.243 e. The van der Waals surface area contributed by atoms with Crippen LogP contribution in [0.2, 0.25) is 0 Å². The summed E-state index contributed by atoms with van der Waals surface area (Å²) in [5.41, 5.74) is 2.60. The number of ether oxygens (including phenoxy) is 1. The van der Waals surface area contributed by atoms with Gasteiger partial charge in [0.15, 0.2) is 0 Å². The van der Waals surface area contributed by atoms with Gasteiger partial charge in [0.05, 0.1) is 24.5 Å². The summed E-state index contributed by atoms with van der Waals surface area (Å²) in [5, 5.41) is 2.84. The van der Waals surface area contributed by atoms with E-state index >= 15 is 0 Å². The molecule has 1 fully saturated rings. The van der Waals surface area contributed by atoms with Gasteiger partial charge in [-0.3, -0.25) is 9.78 Å². The Kier molecular flexibility index (Phi) is 6.20. The zero-order chi connectivity index (χ0) is 19.3. The van der Waals surface area contributed by atoms with Crippen molar-refractivity contribution in [3.8, 4) is 0 Å². The highest BCUT2D eigenvalue weighted by atomic mass is 32.2. The number of hydrogen-bond acceptors (Lipinski definition) is 5. The second-order valence-electron chi connectivity index (χ2n) is 6.42. The van der Waals surface area contributed by atoms with Gasteiger partial charge in [0.25, 0.3) is 0 Å². The van der Waals surface area contributed by atoms with E-state index in [0.29, 0.717) is 32.8 Å². The third-order valence-corrected chi connectivity index (χ3v) is 6.27. The van der Waals surface area contributed by atoms with Crippen LogP contribution in [0.5, 0.6) is 0 Å². The standard InChI is InChI=1S/C19H23N3O4S/c1-15-2-3-17(14-20-15)12-19(23)21-13-16-4-6-18(7-5-16)27(24,25)22-8-10-26-11-9-22/h2-7,14H,8-13H2,1H3,(H,21,23). The summed E-state index contributed by atoms with van der Waals surface area (Å²) in [7, 11) is -3.50. The minimum atomic E-state index is -3.50. The van der Waals surface area contributed by atoms with Crippen LogP contribution in [0, 0.1) is 6.92 Å². The maximum atomic E-state index is 12.6. The number of amides is 1. The van der Waals surface area contributed by atoms with Crippen LogP contribution in [0.25, 0.3) is 0 Å². The molecule has 1 amide bonds. The van der Waals surface area contributed by atoms with Gasteiger partial charge in [-0.25, -0.2) is 8.42 Å². The highest BCUT2D eigenvalue weighted by molar-refractivity contribution is 7.89. The van der Waals surface area contributed by atoms with Crippen molar-refractivity contribution in [1.82, 2.24) is 14.6 Å². The van der Waals surface area contributed by atoms with Crippen molar-refractivity contribution in [2.45, 2.75) is 24.8 Å². The average Bonchev–Trinajstić information content (AvgIpc) is 2.69. The zero-order valence-electron chi connectivity index (χ0n) is 15.2. The van der Waals surface area contributed by atoms with Crippen LogP contribution in [0.15, 0.2) is 47.5 Å². The fraction of sp³-hybridized carbons (Fsp3) is 0.368. The second kappa shape index (κ2) is 8.60. The van der Waals surface area contributed by atoms with Crippen LogP contribution in [0.1, 0.15) is 16.8 Å². The molecule has 1 saturated heterocycles. The van der Waals surface area contributed by atoms with Crippen molar-refractivity contribution < 1.29 is 17.9 Å². The second-order valence-corrected chi connectivity index (χ2v) is 8.36. The van der Waals surface area contributed by atoms with Crippen molar-refractivity contribution in [2.24, 2.45) is 0 Å². The van der Waals surface area contributed by atoms with Crippen molar-refractivity contribution in [2.75, 3.05) is 26.3 Å². The van der Waals surface area contributed by atoms with E-state index in [1.165, 1.54) is 4.31 Å². The molecule has 0 saturated carbocycles. The van der Waals surface area contributed by atoms with Crippen LogP contribution in [0.4, 0.5) is 0 Å². The Balaban J connectivity index is 1.55. The molecule has 7 nitrogen and oxygen atoms in total. The molecule has 8 heteroatoms. The lowest BCUT2D eigenvalue weighted by Crippen LogP contribution is -2.40. The number of morpholine rings is 1. The molecule has 3 rings (SSSR count). The molecule has 0 atom stereocenters. The number of hydrogen-bond donors (Lipinski definition) is 1. The van der Waals surface area contributed by atoms with Gasteiger partial charge in [0.2, 0.25) is 15.9 Å². The Morgan fingerprint density at radius 2 is 1.78 bits per heavy atom. The van der Waals surface area contributed by atoms with Crippen molar-refractivity contribution in [3.05, 3.63) is 59.4 Å². The molecule has 1 aliphatic rings. The summed E-state index contributed by atoms with van der Waals surface area (Å²) in [6, 6.07) is 10.4. The lowest BCUT2D eigenvalue weighted by Gasteiger charge is -2.26. The number of nitrogens with one attached hydrogen (secondary N) is 1. The Hall–Kier alpha value is -2.29. The van der Waals surface area contributed by atoms with E-state index < -0.39 is 10.0 Å². The van der Waals surface area contributed by atoms with E-state index in [2.05, 4.69) is 10.3 Å². The lowest BCUT2D eigenvalue weighted by molar-refractivity contribution is -0.120. The van der Waals surface area contributed by atoms with E-state index in [4.69, 9.17) is 4.74 Å². The summed E-state index contributed by atoms with van der Waals surface area (Å²) < 4.78 is 31.8. The fourth-order valence-corrected chi connectivity index (χ4v) is 4.17. The molecule has 27 heavy (non-hydrogen) atoms. The normalized spacial score (nSPS) is 15.4. The van der Waals surface area contributed by atoms with E-state index in [9.17, 15) is 13.2 Å². The quantitative estimate of drug-likeness (QED) is 0.804. The zero-order valence-corrected chi connectivity index (χ0v) is 16.0. The van der Waals surface area contributed by atoms with Crippen molar-refractivity contribution in [1.29, 1.82) is 0 Å². The fourth-order valence-electron chi connectivity index (χ4n) is 2.77. The number of carbonyl (C=O) groups excluding carboxylic acids is 1. The van der Waals surface area contributed by atoms with Crippen LogP contribution < -0.4 is 5.32 Å². The van der Waals surface area contributed by atoms with Gasteiger partial charge < -0.3 is 10.1 Å². The number of pyridine rings is 1. The summed E-state index contributed by atoms with van der Waals surface area (Å²) in [6.45, 7) is 3.81. The van der Waals surface area contributed by atoms with E-state index in [1.54, 1.807) is 30.5 Å². The summed E-state index contributed by atoms with van der Waals surface area (Å²) in [4.78, 5) is 16.5. The SMILES string of the molecule is Cc1ccc(CC(=O)NCc2ccc(S(=O)(=O)N3CCOCC3)cc2)cn1. The summed E-state index contributed by atoms with van der Waals surface area (Å²) in [5.74, 6) is -0.106. The number of aryl methyl sites for hydroxylation is 1. The molecule has 0 aliphatic carbocycles. The molecular weight excluding hydrogens is 366 g/mol. The number of nitrogens with zero attached hydrogens (tertiary/aromatic N) is 2. The Morgan fingerprint density at radius 1 is 1.11 bits per heavy atom. The molecular formula is C19H23N3O4S. The number of benzene rings is 1. The molecule has 2 heterocycles. The maximum absolute atomic E-state index is 12.6. The Labute approximate surface area is 159 Å². The minimum absolute atomic E-state index is 0.106. The van der Waals surface area contributed by atoms with Crippen molar-refractivity contribution in [3.63, 3.8) is 0 Å². The monoisotopic (exact) mass is 389 g/mol. The third-order valence-electron chi connectivity index (χ3n) is 4.36. The van der Waals surface area contributed by atoms with Crippen LogP contribution in [0.3, 0.4) is 0 Å². The van der Waals surface area contributed by atoms with E-state index in [1.807, 2.05) is 19.1 Å². The molecule has 0 spiro atoms. The first-order chi connectivity index (χ1) is 12.9. The highest BCUT2D eigenvalue weighted by Crippen LogP contribution is 2.17. The number of sulfonamides is 1. The number of aromatic nitrogens is 1. The predicted octanol–water partition coefficient (Wildman–Crippen LogP) is 1.27. The van der Waals surface area contributed by atoms with Crippen molar-refractivity contribution >= 4 is 15.9 Å². The molecule has 0 radical (unpaired) electrons. The van der Waals surface area contributed by atoms with E-state index in [0.717, 1.165) is 16.8 Å². The van der Waals surface area contributed by atoms with Crippen LogP contribution in [-0.2, 0) is 32.5 Å².